The monoisotopic (exact) mass is 429 g/mol. The minimum absolute atomic E-state index is 0.0446. The van der Waals surface area contributed by atoms with Gasteiger partial charge in [0.05, 0.1) is 4.90 Å². The number of carbonyl (C=O) groups is 2. The summed E-state index contributed by atoms with van der Waals surface area (Å²) >= 11 is 1.22. The van der Waals surface area contributed by atoms with E-state index in [1.54, 1.807) is 5.38 Å². The first-order valence-electron chi connectivity index (χ1n) is 8.60. The summed E-state index contributed by atoms with van der Waals surface area (Å²) in [5.41, 5.74) is 5.44. The summed E-state index contributed by atoms with van der Waals surface area (Å²) in [6, 6.07) is 15.1. The highest BCUT2D eigenvalue weighted by Crippen LogP contribution is 2.28. The van der Waals surface area contributed by atoms with Gasteiger partial charge < -0.3 is 5.32 Å². The van der Waals surface area contributed by atoms with Crippen molar-refractivity contribution in [1.29, 1.82) is 0 Å². The average molecular weight is 430 g/mol. The van der Waals surface area contributed by atoms with Crippen LogP contribution in [0.4, 0.5) is 5.69 Å². The molecular formula is C20H19N3O4S2. The molecular weight excluding hydrogens is 410 g/mol. The van der Waals surface area contributed by atoms with Gasteiger partial charge in [-0.15, -0.1) is 16.2 Å². The molecule has 0 spiro atoms. The van der Waals surface area contributed by atoms with Crippen LogP contribution in [0.25, 0.3) is 11.1 Å². The molecule has 0 fully saturated rings. The number of thiophene rings is 1. The average Bonchev–Trinajstić information content (AvgIpc) is 3.17. The van der Waals surface area contributed by atoms with Crippen molar-refractivity contribution in [2.24, 2.45) is 0 Å². The lowest BCUT2D eigenvalue weighted by Gasteiger charge is -2.10. The van der Waals surface area contributed by atoms with Gasteiger partial charge in [-0.25, -0.2) is 8.42 Å². The lowest BCUT2D eigenvalue weighted by Crippen LogP contribution is -2.41. The maximum Gasteiger partial charge on any atom is 0.276 e. The summed E-state index contributed by atoms with van der Waals surface area (Å²) < 4.78 is 24.8. The second kappa shape index (κ2) is 8.56. The molecule has 1 aromatic heterocycles. The predicted octanol–water partition coefficient (Wildman–Crippen LogP) is 3.31. The van der Waals surface area contributed by atoms with Crippen molar-refractivity contribution in [2.75, 3.05) is 5.32 Å². The van der Waals surface area contributed by atoms with Crippen LogP contribution in [0.3, 0.4) is 0 Å². The van der Waals surface area contributed by atoms with Gasteiger partial charge in [-0.1, -0.05) is 29.8 Å². The summed E-state index contributed by atoms with van der Waals surface area (Å²) in [7, 11) is -3.96. The van der Waals surface area contributed by atoms with Crippen molar-refractivity contribution < 1.29 is 18.0 Å². The van der Waals surface area contributed by atoms with E-state index in [1.807, 2.05) is 37.3 Å². The molecule has 9 heteroatoms. The van der Waals surface area contributed by atoms with Crippen LogP contribution in [0.15, 0.2) is 64.9 Å². The Balaban J connectivity index is 1.71. The van der Waals surface area contributed by atoms with E-state index in [0.717, 1.165) is 16.7 Å². The summed E-state index contributed by atoms with van der Waals surface area (Å²) in [5, 5.41) is 4.33. The van der Waals surface area contributed by atoms with Crippen LogP contribution in [0.2, 0.25) is 0 Å². The highest BCUT2D eigenvalue weighted by atomic mass is 32.2. The molecule has 0 bridgehead atoms. The topological polar surface area (TPSA) is 104 Å². The Morgan fingerprint density at radius 2 is 1.59 bits per heavy atom. The first kappa shape index (κ1) is 20.7. The molecule has 7 nitrogen and oxygen atoms in total. The van der Waals surface area contributed by atoms with Gasteiger partial charge in [0.1, 0.15) is 4.88 Å². The number of hydrogen-bond acceptors (Lipinski definition) is 5. The SMILES string of the molecule is CC(=O)Nc1ccc(S(=O)(=O)NNC(=O)c2sccc2-c2ccc(C)cc2)cc1. The number of amides is 2. The zero-order chi connectivity index (χ0) is 21.0. The fourth-order valence-electron chi connectivity index (χ4n) is 2.60. The summed E-state index contributed by atoms with van der Waals surface area (Å²) in [6.45, 7) is 3.33. The van der Waals surface area contributed by atoms with Crippen LogP contribution >= 0.6 is 11.3 Å². The number of hydrogen-bond donors (Lipinski definition) is 3. The molecule has 0 aliphatic heterocycles. The molecule has 3 rings (SSSR count). The van der Waals surface area contributed by atoms with E-state index >= 15 is 0 Å². The number of rotatable bonds is 6. The van der Waals surface area contributed by atoms with Crippen molar-refractivity contribution in [2.45, 2.75) is 18.7 Å². The molecule has 150 valence electrons. The molecule has 0 radical (unpaired) electrons. The lowest BCUT2D eigenvalue weighted by molar-refractivity contribution is -0.114. The molecule has 3 aromatic rings. The number of carbonyl (C=O) groups excluding carboxylic acids is 2. The van der Waals surface area contributed by atoms with Gasteiger partial charge in [0, 0.05) is 18.2 Å². The van der Waals surface area contributed by atoms with E-state index in [0.29, 0.717) is 10.6 Å². The second-order valence-electron chi connectivity index (χ2n) is 6.29. The molecule has 2 amide bonds. The minimum atomic E-state index is -3.96. The predicted molar refractivity (Wildman–Crippen MR) is 113 cm³/mol. The summed E-state index contributed by atoms with van der Waals surface area (Å²) in [4.78, 5) is 26.0. The van der Waals surface area contributed by atoms with E-state index in [9.17, 15) is 18.0 Å². The first-order chi connectivity index (χ1) is 13.8. The quantitative estimate of drug-likeness (QED) is 0.523. The van der Waals surface area contributed by atoms with E-state index in [-0.39, 0.29) is 10.8 Å². The number of benzene rings is 2. The zero-order valence-corrected chi connectivity index (χ0v) is 17.4. The van der Waals surface area contributed by atoms with Crippen molar-refractivity contribution >= 4 is 38.9 Å². The number of hydrazine groups is 1. The van der Waals surface area contributed by atoms with Crippen molar-refractivity contribution in [3.63, 3.8) is 0 Å². The number of anilines is 1. The van der Waals surface area contributed by atoms with E-state index in [1.165, 1.54) is 42.5 Å². The Morgan fingerprint density at radius 3 is 2.21 bits per heavy atom. The second-order valence-corrected chi connectivity index (χ2v) is 8.89. The standard InChI is InChI=1S/C20H19N3O4S2/c1-13-3-5-15(6-4-13)18-11-12-28-19(18)20(25)22-23-29(26,27)17-9-7-16(8-10-17)21-14(2)24/h3-12,23H,1-2H3,(H,21,24)(H,22,25). The Hall–Kier alpha value is -3.01. The van der Waals surface area contributed by atoms with E-state index < -0.39 is 15.9 Å². The first-order valence-corrected chi connectivity index (χ1v) is 11.0. The van der Waals surface area contributed by atoms with Gasteiger partial charge >= 0.3 is 0 Å². The normalized spacial score (nSPS) is 11.1. The molecule has 29 heavy (non-hydrogen) atoms. The fraction of sp³-hybridized carbons (Fsp3) is 0.100. The maximum absolute atomic E-state index is 12.5. The number of nitrogens with one attached hydrogen (secondary N) is 3. The molecule has 2 aromatic carbocycles. The van der Waals surface area contributed by atoms with E-state index in [4.69, 9.17) is 0 Å². The largest absolute Gasteiger partial charge is 0.326 e. The van der Waals surface area contributed by atoms with Gasteiger partial charge in [-0.05, 0) is 48.2 Å². The Kier molecular flexibility index (Phi) is 6.12. The number of aryl methyl sites for hydroxylation is 1. The molecule has 0 unspecified atom stereocenters. The molecule has 0 saturated heterocycles. The molecule has 0 saturated carbocycles. The van der Waals surface area contributed by atoms with Crippen LogP contribution in [0.5, 0.6) is 0 Å². The Labute approximate surface area is 172 Å². The third-order valence-electron chi connectivity index (χ3n) is 4.02. The van der Waals surface area contributed by atoms with Gasteiger partial charge in [-0.3, -0.25) is 15.0 Å². The van der Waals surface area contributed by atoms with Crippen LogP contribution < -0.4 is 15.6 Å². The Bertz CT molecular complexity index is 1140. The summed E-state index contributed by atoms with van der Waals surface area (Å²) in [6.07, 6.45) is 0. The minimum Gasteiger partial charge on any atom is -0.326 e. The summed E-state index contributed by atoms with van der Waals surface area (Å²) in [5.74, 6) is -0.805. The molecule has 3 N–H and O–H groups in total. The molecule has 0 atom stereocenters. The van der Waals surface area contributed by atoms with Crippen LogP contribution in [-0.2, 0) is 14.8 Å². The van der Waals surface area contributed by atoms with Crippen molar-refractivity contribution in [1.82, 2.24) is 10.3 Å². The fourth-order valence-corrected chi connectivity index (χ4v) is 4.25. The van der Waals surface area contributed by atoms with Crippen molar-refractivity contribution in [3.8, 4) is 11.1 Å². The van der Waals surface area contributed by atoms with Gasteiger partial charge in [0.15, 0.2) is 0 Å². The highest BCUT2D eigenvalue weighted by Gasteiger charge is 2.19. The van der Waals surface area contributed by atoms with Gasteiger partial charge in [0.25, 0.3) is 15.9 Å². The van der Waals surface area contributed by atoms with Crippen molar-refractivity contribution in [3.05, 3.63) is 70.4 Å². The Morgan fingerprint density at radius 1 is 0.931 bits per heavy atom. The third kappa shape index (κ3) is 5.08. The van der Waals surface area contributed by atoms with E-state index in [2.05, 4.69) is 15.6 Å². The lowest BCUT2D eigenvalue weighted by atomic mass is 10.1. The molecule has 0 aliphatic rings. The van der Waals surface area contributed by atoms with Gasteiger partial charge in [-0.2, -0.15) is 0 Å². The van der Waals surface area contributed by atoms with Crippen LogP contribution in [-0.4, -0.2) is 20.2 Å². The molecule has 1 heterocycles. The maximum atomic E-state index is 12.5. The third-order valence-corrected chi connectivity index (χ3v) is 6.19. The smallest absolute Gasteiger partial charge is 0.276 e. The van der Waals surface area contributed by atoms with Gasteiger partial charge in [0.2, 0.25) is 5.91 Å². The highest BCUT2D eigenvalue weighted by molar-refractivity contribution is 7.89. The zero-order valence-electron chi connectivity index (χ0n) is 15.7. The van der Waals surface area contributed by atoms with Crippen LogP contribution in [0, 0.1) is 6.92 Å². The van der Waals surface area contributed by atoms with Crippen LogP contribution in [0.1, 0.15) is 22.2 Å². The number of sulfonamides is 1. The molecule has 0 aliphatic carbocycles.